The van der Waals surface area contributed by atoms with E-state index in [1.54, 1.807) is 12.1 Å². The number of benzene rings is 2. The maximum atomic E-state index is 13.7. The van der Waals surface area contributed by atoms with E-state index in [1.165, 1.54) is 24.3 Å². The van der Waals surface area contributed by atoms with Crippen molar-refractivity contribution in [3.63, 3.8) is 0 Å². The number of alkyl halides is 3. The van der Waals surface area contributed by atoms with Gasteiger partial charge in [0.05, 0.1) is 12.1 Å². The summed E-state index contributed by atoms with van der Waals surface area (Å²) < 4.78 is 54.1. The first-order valence-corrected chi connectivity index (χ1v) is 8.90. The summed E-state index contributed by atoms with van der Waals surface area (Å²) in [7, 11) is 0. The van der Waals surface area contributed by atoms with Crippen LogP contribution in [0.4, 0.5) is 17.6 Å². The van der Waals surface area contributed by atoms with Crippen LogP contribution in [0.3, 0.4) is 0 Å². The zero-order valence-electron chi connectivity index (χ0n) is 16.1. The second kappa shape index (κ2) is 6.95. The third kappa shape index (κ3) is 3.89. The van der Waals surface area contributed by atoms with Crippen LogP contribution in [0.2, 0.25) is 0 Å². The molecule has 4 nitrogen and oxygen atoms in total. The molecule has 2 aromatic carbocycles. The maximum Gasteiger partial charge on any atom is 0.438 e. The van der Waals surface area contributed by atoms with Gasteiger partial charge in [-0.15, -0.1) is 0 Å². The van der Waals surface area contributed by atoms with E-state index in [4.69, 9.17) is 0 Å². The zero-order chi connectivity index (χ0) is 21.6. The number of amides is 1. The molecule has 0 saturated carbocycles. The molecule has 1 aliphatic heterocycles. The van der Waals surface area contributed by atoms with Crippen molar-refractivity contribution in [2.24, 2.45) is 5.10 Å². The molecule has 1 N–H and O–H groups in total. The van der Waals surface area contributed by atoms with Crippen molar-refractivity contribution in [1.82, 2.24) is 5.01 Å². The van der Waals surface area contributed by atoms with Crippen molar-refractivity contribution in [2.45, 2.75) is 44.5 Å². The van der Waals surface area contributed by atoms with Crippen molar-refractivity contribution in [2.75, 3.05) is 0 Å². The molecular weight excluding hydrogens is 388 g/mol. The van der Waals surface area contributed by atoms with E-state index in [-0.39, 0.29) is 27.3 Å². The summed E-state index contributed by atoms with van der Waals surface area (Å²) in [6.07, 6.45) is -6.09. The number of carbonyl (C=O) groups excluding carboxylic acids is 1. The summed E-state index contributed by atoms with van der Waals surface area (Å²) >= 11 is 0. The van der Waals surface area contributed by atoms with Gasteiger partial charge in [-0.05, 0) is 40.8 Å². The summed E-state index contributed by atoms with van der Waals surface area (Å²) in [6.45, 7) is 5.89. The smallest absolute Gasteiger partial charge is 0.362 e. The lowest BCUT2D eigenvalue weighted by atomic mass is 9.86. The lowest BCUT2D eigenvalue weighted by Crippen LogP contribution is -2.56. The SMILES string of the molecule is CC(C)(C)c1ccc(C(=O)N2N=C(c3ccc(F)cc3)CC2(O)C(F)(F)F)cc1. The first kappa shape index (κ1) is 21.0. The van der Waals surface area contributed by atoms with E-state index in [9.17, 15) is 27.5 Å². The highest BCUT2D eigenvalue weighted by molar-refractivity contribution is 6.05. The predicted molar refractivity (Wildman–Crippen MR) is 99.9 cm³/mol. The minimum Gasteiger partial charge on any atom is -0.362 e. The molecule has 29 heavy (non-hydrogen) atoms. The van der Waals surface area contributed by atoms with Crippen LogP contribution in [-0.4, -0.2) is 33.6 Å². The van der Waals surface area contributed by atoms with Crippen molar-refractivity contribution in [3.05, 3.63) is 71.0 Å². The number of hydrogen-bond acceptors (Lipinski definition) is 3. The largest absolute Gasteiger partial charge is 0.438 e. The summed E-state index contributed by atoms with van der Waals surface area (Å²) in [5.74, 6) is -1.65. The van der Waals surface area contributed by atoms with Crippen molar-refractivity contribution >= 4 is 11.6 Å². The molecule has 154 valence electrons. The van der Waals surface area contributed by atoms with Gasteiger partial charge in [-0.3, -0.25) is 4.79 Å². The summed E-state index contributed by atoms with van der Waals surface area (Å²) in [5.41, 5.74) is -2.80. The van der Waals surface area contributed by atoms with Crippen LogP contribution >= 0.6 is 0 Å². The molecule has 2 aromatic rings. The van der Waals surface area contributed by atoms with E-state index >= 15 is 0 Å². The molecule has 0 aromatic heterocycles. The number of hydrazone groups is 1. The molecule has 0 bridgehead atoms. The molecule has 1 unspecified atom stereocenters. The van der Waals surface area contributed by atoms with Crippen LogP contribution in [0.25, 0.3) is 0 Å². The molecule has 0 spiro atoms. The Morgan fingerprint density at radius 3 is 2.07 bits per heavy atom. The maximum absolute atomic E-state index is 13.7. The Morgan fingerprint density at radius 2 is 1.59 bits per heavy atom. The second-order valence-corrected chi connectivity index (χ2v) is 7.99. The first-order chi connectivity index (χ1) is 13.3. The Morgan fingerprint density at radius 1 is 1.03 bits per heavy atom. The van der Waals surface area contributed by atoms with Crippen LogP contribution in [0, 0.1) is 5.82 Å². The molecule has 1 aliphatic rings. The number of hydrogen-bond donors (Lipinski definition) is 1. The molecule has 8 heteroatoms. The highest BCUT2D eigenvalue weighted by Crippen LogP contribution is 2.42. The molecule has 1 amide bonds. The summed E-state index contributed by atoms with van der Waals surface area (Å²) in [4.78, 5) is 12.8. The van der Waals surface area contributed by atoms with E-state index in [0.717, 1.165) is 17.7 Å². The van der Waals surface area contributed by atoms with Crippen molar-refractivity contribution < 1.29 is 27.5 Å². The zero-order valence-corrected chi connectivity index (χ0v) is 16.1. The third-order valence-electron chi connectivity index (χ3n) is 4.81. The molecule has 3 rings (SSSR count). The number of aliphatic hydroxyl groups is 1. The third-order valence-corrected chi connectivity index (χ3v) is 4.81. The first-order valence-electron chi connectivity index (χ1n) is 8.90. The Labute approximate surface area is 165 Å². The standard InChI is InChI=1S/C21H20F4N2O2/c1-19(2,3)15-8-4-14(5-9-15)18(28)27-20(29,21(23,24)25)12-17(26-27)13-6-10-16(22)11-7-13/h4-11,29H,12H2,1-3H3. The van der Waals surface area contributed by atoms with Gasteiger partial charge in [0.25, 0.3) is 11.6 Å². The molecule has 1 heterocycles. The quantitative estimate of drug-likeness (QED) is 0.737. The summed E-state index contributed by atoms with van der Waals surface area (Å²) in [5, 5.41) is 14.2. The Bertz CT molecular complexity index is 945. The van der Waals surface area contributed by atoms with Gasteiger partial charge in [0.1, 0.15) is 5.82 Å². The monoisotopic (exact) mass is 408 g/mol. The van der Waals surface area contributed by atoms with Gasteiger partial charge < -0.3 is 5.11 Å². The second-order valence-electron chi connectivity index (χ2n) is 7.99. The number of halogens is 4. The van der Waals surface area contributed by atoms with Gasteiger partial charge in [0, 0.05) is 5.56 Å². The van der Waals surface area contributed by atoms with Gasteiger partial charge in [-0.25, -0.2) is 4.39 Å². The minimum atomic E-state index is -5.14. The van der Waals surface area contributed by atoms with Crippen LogP contribution in [0.15, 0.2) is 53.6 Å². The average Bonchev–Trinajstić information content (AvgIpc) is 3.00. The highest BCUT2D eigenvalue weighted by atomic mass is 19.4. The van der Waals surface area contributed by atoms with E-state index < -0.39 is 30.0 Å². The van der Waals surface area contributed by atoms with Gasteiger partial charge in [-0.1, -0.05) is 45.0 Å². The summed E-state index contributed by atoms with van der Waals surface area (Å²) in [6, 6.07) is 10.8. The van der Waals surface area contributed by atoms with Gasteiger partial charge >= 0.3 is 6.18 Å². The number of rotatable bonds is 2. The van der Waals surface area contributed by atoms with E-state index in [2.05, 4.69) is 5.10 Å². The van der Waals surface area contributed by atoms with Crippen LogP contribution in [0.1, 0.15) is 48.7 Å². The fraction of sp³-hybridized carbons (Fsp3) is 0.333. The molecule has 0 saturated heterocycles. The molecule has 0 aliphatic carbocycles. The van der Waals surface area contributed by atoms with Crippen LogP contribution < -0.4 is 0 Å². The Hall–Kier alpha value is -2.74. The number of nitrogens with zero attached hydrogens (tertiary/aromatic N) is 2. The number of carbonyl (C=O) groups is 1. The van der Waals surface area contributed by atoms with E-state index in [1.807, 2.05) is 20.8 Å². The molecular formula is C21H20F4N2O2. The minimum absolute atomic E-state index is 0.0372. The normalized spacial score (nSPS) is 20.0. The fourth-order valence-corrected chi connectivity index (χ4v) is 3.02. The van der Waals surface area contributed by atoms with Gasteiger partial charge in [-0.2, -0.15) is 23.3 Å². The molecule has 1 atom stereocenters. The van der Waals surface area contributed by atoms with Gasteiger partial charge in [0.2, 0.25) is 0 Å². The highest BCUT2D eigenvalue weighted by Gasteiger charge is 2.63. The van der Waals surface area contributed by atoms with Crippen molar-refractivity contribution in [3.8, 4) is 0 Å². The molecule has 0 fully saturated rings. The van der Waals surface area contributed by atoms with Gasteiger partial charge in [0.15, 0.2) is 0 Å². The lowest BCUT2D eigenvalue weighted by molar-refractivity contribution is -0.297. The van der Waals surface area contributed by atoms with Crippen molar-refractivity contribution in [1.29, 1.82) is 0 Å². The van der Waals surface area contributed by atoms with Crippen LogP contribution in [0.5, 0.6) is 0 Å². The van der Waals surface area contributed by atoms with Crippen LogP contribution in [-0.2, 0) is 5.41 Å². The predicted octanol–water partition coefficient (Wildman–Crippen LogP) is 4.62. The molecule has 0 radical (unpaired) electrons. The van der Waals surface area contributed by atoms with E-state index in [0.29, 0.717) is 0 Å². The Balaban J connectivity index is 2.00. The Kier molecular flexibility index (Phi) is 5.03. The lowest BCUT2D eigenvalue weighted by Gasteiger charge is -2.32. The average molecular weight is 408 g/mol. The fourth-order valence-electron chi connectivity index (χ4n) is 3.02. The topological polar surface area (TPSA) is 52.9 Å².